The number of nitrogens with zero attached hydrogens (tertiary/aromatic N) is 1. The van der Waals surface area contributed by atoms with E-state index in [1.807, 2.05) is 11.8 Å². The van der Waals surface area contributed by atoms with Crippen molar-refractivity contribution < 1.29 is 23.9 Å². The molecule has 2 amide bonds. The molecule has 3 rings (SSSR count). The van der Waals surface area contributed by atoms with Crippen molar-refractivity contribution in [1.29, 1.82) is 0 Å². The number of ether oxygens (including phenoxy) is 2. The lowest BCUT2D eigenvalue weighted by Gasteiger charge is -2.32. The Bertz CT molecular complexity index is 916. The quantitative estimate of drug-likeness (QED) is 0.524. The zero-order valence-corrected chi connectivity index (χ0v) is 18.6. The van der Waals surface area contributed by atoms with Gasteiger partial charge in [0.25, 0.3) is 5.91 Å². The Balaban J connectivity index is 1.41. The molecule has 0 radical (unpaired) electrons. The molecular weight excluding hydrogens is 408 g/mol. The molecule has 0 unspecified atom stereocenters. The minimum Gasteiger partial charge on any atom is -0.434 e. The summed E-state index contributed by atoms with van der Waals surface area (Å²) in [6.07, 6.45) is 1.93. The summed E-state index contributed by atoms with van der Waals surface area (Å²) in [6, 6.07) is 14.6. The molecule has 2 aromatic carbocycles. The van der Waals surface area contributed by atoms with Gasteiger partial charge in [-0.3, -0.25) is 9.59 Å². The van der Waals surface area contributed by atoms with Crippen LogP contribution in [0.5, 0.6) is 5.75 Å². The van der Waals surface area contributed by atoms with Crippen LogP contribution in [0, 0.1) is 6.92 Å². The SMILES string of the molecule is CCOC(=O)Oc1ccc(C(=O)NC2CCN(C(=O)CCc3ccc(C)cc3)CC2)cc1. The van der Waals surface area contributed by atoms with Crippen LogP contribution in [0.1, 0.15) is 47.7 Å². The first-order chi connectivity index (χ1) is 15.4. The molecule has 1 N–H and O–H groups in total. The Kier molecular flexibility index (Phi) is 8.25. The van der Waals surface area contributed by atoms with E-state index in [-0.39, 0.29) is 24.5 Å². The number of likely N-dealkylation sites (tertiary alicyclic amines) is 1. The molecule has 0 bridgehead atoms. The lowest BCUT2D eigenvalue weighted by atomic mass is 10.0. The molecule has 0 atom stereocenters. The van der Waals surface area contributed by atoms with E-state index in [4.69, 9.17) is 9.47 Å². The van der Waals surface area contributed by atoms with Gasteiger partial charge in [0.2, 0.25) is 5.91 Å². The summed E-state index contributed by atoms with van der Waals surface area (Å²) < 4.78 is 9.72. The standard InChI is InChI=1S/C25H30N2O5/c1-3-31-25(30)32-22-11-9-20(10-12-22)24(29)26-21-14-16-27(17-15-21)23(28)13-8-19-6-4-18(2)5-7-19/h4-7,9-12,21H,3,8,13-17H2,1-2H3,(H,26,29). The summed E-state index contributed by atoms with van der Waals surface area (Å²) in [5.74, 6) is 0.293. The molecule has 1 fully saturated rings. The summed E-state index contributed by atoms with van der Waals surface area (Å²) in [7, 11) is 0. The normalized spacial score (nSPS) is 14.0. The van der Waals surface area contributed by atoms with Crippen LogP contribution in [0.25, 0.3) is 0 Å². The van der Waals surface area contributed by atoms with Crippen molar-refractivity contribution in [1.82, 2.24) is 10.2 Å². The molecule has 1 heterocycles. The first-order valence-corrected chi connectivity index (χ1v) is 11.0. The lowest BCUT2D eigenvalue weighted by molar-refractivity contribution is -0.132. The maximum absolute atomic E-state index is 12.5. The van der Waals surface area contributed by atoms with Crippen LogP contribution in [-0.2, 0) is 16.0 Å². The zero-order valence-electron chi connectivity index (χ0n) is 18.6. The topological polar surface area (TPSA) is 84.9 Å². The Labute approximate surface area is 188 Å². The minimum atomic E-state index is -0.773. The van der Waals surface area contributed by atoms with E-state index < -0.39 is 6.16 Å². The van der Waals surface area contributed by atoms with Crippen LogP contribution < -0.4 is 10.1 Å². The van der Waals surface area contributed by atoms with Crippen LogP contribution in [0.3, 0.4) is 0 Å². The van der Waals surface area contributed by atoms with Gasteiger partial charge in [0.1, 0.15) is 5.75 Å². The van der Waals surface area contributed by atoms with Crippen molar-refractivity contribution in [3.63, 3.8) is 0 Å². The van der Waals surface area contributed by atoms with Crippen molar-refractivity contribution in [3.05, 3.63) is 65.2 Å². The highest BCUT2D eigenvalue weighted by Crippen LogP contribution is 2.16. The number of rotatable bonds is 7. The molecule has 7 heteroatoms. The molecule has 1 aliphatic rings. The molecule has 0 saturated carbocycles. The smallest absolute Gasteiger partial charge is 0.434 e. The number of aryl methyl sites for hydroxylation is 2. The summed E-state index contributed by atoms with van der Waals surface area (Å²) in [5.41, 5.74) is 2.87. The molecule has 1 saturated heterocycles. The van der Waals surface area contributed by atoms with Gasteiger partial charge in [-0.05, 0) is 62.9 Å². The van der Waals surface area contributed by atoms with Gasteiger partial charge < -0.3 is 19.7 Å². The monoisotopic (exact) mass is 438 g/mol. The number of amides is 2. The lowest BCUT2D eigenvalue weighted by Crippen LogP contribution is -2.46. The predicted octanol–water partition coefficient (Wildman–Crippen LogP) is 3.88. The van der Waals surface area contributed by atoms with Crippen molar-refractivity contribution >= 4 is 18.0 Å². The molecule has 170 valence electrons. The van der Waals surface area contributed by atoms with Crippen LogP contribution in [0.2, 0.25) is 0 Å². The highest BCUT2D eigenvalue weighted by atomic mass is 16.7. The molecule has 0 spiro atoms. The Hall–Kier alpha value is -3.35. The Morgan fingerprint density at radius 3 is 2.28 bits per heavy atom. The number of piperidine rings is 1. The van der Waals surface area contributed by atoms with Crippen molar-refractivity contribution in [2.24, 2.45) is 0 Å². The van der Waals surface area contributed by atoms with E-state index in [1.165, 1.54) is 11.1 Å². The molecule has 32 heavy (non-hydrogen) atoms. The van der Waals surface area contributed by atoms with E-state index in [0.29, 0.717) is 30.8 Å². The number of benzene rings is 2. The van der Waals surface area contributed by atoms with E-state index in [0.717, 1.165) is 19.3 Å². The van der Waals surface area contributed by atoms with Gasteiger partial charge in [0.05, 0.1) is 6.61 Å². The zero-order chi connectivity index (χ0) is 22.9. The molecular formula is C25H30N2O5. The second kappa shape index (κ2) is 11.3. The van der Waals surface area contributed by atoms with Crippen molar-refractivity contribution in [2.75, 3.05) is 19.7 Å². The fraction of sp³-hybridized carbons (Fsp3) is 0.400. The van der Waals surface area contributed by atoms with Crippen LogP contribution in [0.4, 0.5) is 4.79 Å². The third kappa shape index (κ3) is 6.83. The summed E-state index contributed by atoms with van der Waals surface area (Å²) in [6.45, 7) is 5.26. The van der Waals surface area contributed by atoms with E-state index in [9.17, 15) is 14.4 Å². The van der Waals surface area contributed by atoms with Gasteiger partial charge in [0, 0.05) is 31.1 Å². The Morgan fingerprint density at radius 1 is 1.00 bits per heavy atom. The van der Waals surface area contributed by atoms with E-state index >= 15 is 0 Å². The summed E-state index contributed by atoms with van der Waals surface area (Å²) >= 11 is 0. The third-order valence-electron chi connectivity index (χ3n) is 5.51. The first-order valence-electron chi connectivity index (χ1n) is 11.0. The number of hydrogen-bond acceptors (Lipinski definition) is 5. The third-order valence-corrected chi connectivity index (χ3v) is 5.51. The molecule has 1 aliphatic heterocycles. The fourth-order valence-corrected chi connectivity index (χ4v) is 3.62. The maximum atomic E-state index is 12.5. The molecule has 0 aliphatic carbocycles. The maximum Gasteiger partial charge on any atom is 0.513 e. The highest BCUT2D eigenvalue weighted by molar-refractivity contribution is 5.94. The number of carbonyl (C=O) groups excluding carboxylic acids is 3. The second-order valence-electron chi connectivity index (χ2n) is 7.92. The van der Waals surface area contributed by atoms with Crippen molar-refractivity contribution in [3.8, 4) is 5.75 Å². The molecule has 0 aromatic heterocycles. The summed E-state index contributed by atoms with van der Waals surface area (Å²) in [5, 5.41) is 3.03. The Morgan fingerprint density at radius 2 is 1.66 bits per heavy atom. The summed E-state index contributed by atoms with van der Waals surface area (Å²) in [4.78, 5) is 38.3. The van der Waals surface area contributed by atoms with Gasteiger partial charge >= 0.3 is 6.16 Å². The molecule has 7 nitrogen and oxygen atoms in total. The first kappa shape index (κ1) is 23.3. The van der Waals surface area contributed by atoms with Crippen LogP contribution >= 0.6 is 0 Å². The fourth-order valence-electron chi connectivity index (χ4n) is 3.62. The van der Waals surface area contributed by atoms with Crippen LogP contribution in [-0.4, -0.2) is 48.6 Å². The predicted molar refractivity (Wildman–Crippen MR) is 121 cm³/mol. The average Bonchev–Trinajstić information content (AvgIpc) is 2.79. The van der Waals surface area contributed by atoms with Crippen LogP contribution in [0.15, 0.2) is 48.5 Å². The number of hydrogen-bond donors (Lipinski definition) is 1. The van der Waals surface area contributed by atoms with Gasteiger partial charge in [-0.15, -0.1) is 0 Å². The van der Waals surface area contributed by atoms with Gasteiger partial charge in [-0.25, -0.2) is 4.79 Å². The largest absolute Gasteiger partial charge is 0.513 e. The highest BCUT2D eigenvalue weighted by Gasteiger charge is 2.24. The van der Waals surface area contributed by atoms with Gasteiger partial charge in [-0.2, -0.15) is 0 Å². The van der Waals surface area contributed by atoms with Crippen molar-refractivity contribution in [2.45, 2.75) is 45.6 Å². The van der Waals surface area contributed by atoms with E-state index in [1.54, 1.807) is 31.2 Å². The molecule has 2 aromatic rings. The average molecular weight is 439 g/mol. The van der Waals surface area contributed by atoms with Gasteiger partial charge in [0.15, 0.2) is 0 Å². The van der Waals surface area contributed by atoms with E-state index in [2.05, 4.69) is 29.6 Å². The second-order valence-corrected chi connectivity index (χ2v) is 7.92. The number of carbonyl (C=O) groups is 3. The number of nitrogens with one attached hydrogen (secondary N) is 1. The van der Waals surface area contributed by atoms with Gasteiger partial charge in [-0.1, -0.05) is 29.8 Å². The minimum absolute atomic E-state index is 0.0270.